The molecule has 0 aliphatic carbocycles. The Morgan fingerprint density at radius 1 is 1.00 bits per heavy atom. The van der Waals surface area contributed by atoms with E-state index in [0.29, 0.717) is 36.8 Å². The molecule has 0 aliphatic rings. The minimum atomic E-state index is -0.226. The molecule has 0 fully saturated rings. The number of thiophene rings is 1. The predicted molar refractivity (Wildman–Crippen MR) is 107 cm³/mol. The van der Waals surface area contributed by atoms with E-state index in [1.54, 1.807) is 6.07 Å². The van der Waals surface area contributed by atoms with Crippen LogP contribution in [0.25, 0.3) is 0 Å². The molecular formula is C20H26N2O4S. The molecule has 2 rings (SSSR count). The van der Waals surface area contributed by atoms with Crippen LogP contribution in [0.4, 0.5) is 0 Å². The highest BCUT2D eigenvalue weighted by Crippen LogP contribution is 2.28. The zero-order valence-electron chi connectivity index (χ0n) is 16.0. The topological polar surface area (TPSA) is 76.7 Å². The zero-order valence-corrected chi connectivity index (χ0v) is 16.8. The van der Waals surface area contributed by atoms with Gasteiger partial charge in [0.25, 0.3) is 5.91 Å². The van der Waals surface area contributed by atoms with Gasteiger partial charge in [-0.3, -0.25) is 9.59 Å². The summed E-state index contributed by atoms with van der Waals surface area (Å²) in [7, 11) is 0. The molecule has 1 heterocycles. The molecule has 0 unspecified atom stereocenters. The third kappa shape index (κ3) is 6.60. The molecule has 0 bridgehead atoms. The number of ether oxygens (including phenoxy) is 2. The molecule has 0 atom stereocenters. The first-order valence-electron chi connectivity index (χ1n) is 9.03. The highest BCUT2D eigenvalue weighted by atomic mass is 32.1. The van der Waals surface area contributed by atoms with Crippen molar-refractivity contribution in [1.29, 1.82) is 0 Å². The van der Waals surface area contributed by atoms with Crippen LogP contribution in [-0.4, -0.2) is 38.1 Å². The number of hydrogen-bond acceptors (Lipinski definition) is 5. The number of aryl methyl sites for hydroxylation is 1. The number of hydrogen-bond donors (Lipinski definition) is 2. The Kier molecular flexibility index (Phi) is 8.13. The first-order valence-corrected chi connectivity index (χ1v) is 9.85. The van der Waals surface area contributed by atoms with Gasteiger partial charge in [-0.05, 0) is 57.0 Å². The van der Waals surface area contributed by atoms with Crippen molar-refractivity contribution >= 4 is 23.2 Å². The van der Waals surface area contributed by atoms with E-state index in [9.17, 15) is 9.59 Å². The second-order valence-corrected chi connectivity index (χ2v) is 7.13. The lowest BCUT2D eigenvalue weighted by Gasteiger charge is -2.12. The van der Waals surface area contributed by atoms with E-state index in [1.807, 2.05) is 45.0 Å². The quantitative estimate of drug-likeness (QED) is 0.654. The molecule has 2 amide bonds. The average Bonchev–Trinajstić information content (AvgIpc) is 3.08. The average molecular weight is 391 g/mol. The summed E-state index contributed by atoms with van der Waals surface area (Å²) >= 11 is 1.41. The van der Waals surface area contributed by atoms with Crippen LogP contribution in [0.15, 0.2) is 30.3 Å². The lowest BCUT2D eigenvalue weighted by atomic mass is 10.1. The Morgan fingerprint density at radius 2 is 1.74 bits per heavy atom. The minimum absolute atomic E-state index is 0.0384. The monoisotopic (exact) mass is 390 g/mol. The SMILES string of the molecule is CCOc1ccc(CCNC(=O)CNC(=O)c2ccc(C)s2)cc1OCC. The van der Waals surface area contributed by atoms with Crippen molar-refractivity contribution in [3.05, 3.63) is 45.6 Å². The molecule has 0 saturated carbocycles. The Labute approximate surface area is 163 Å². The summed E-state index contributed by atoms with van der Waals surface area (Å²) in [5, 5.41) is 5.44. The summed E-state index contributed by atoms with van der Waals surface area (Å²) in [6.07, 6.45) is 0.663. The van der Waals surface area contributed by atoms with Crippen LogP contribution < -0.4 is 20.1 Å². The van der Waals surface area contributed by atoms with E-state index in [4.69, 9.17) is 9.47 Å². The van der Waals surface area contributed by atoms with Crippen LogP contribution in [0.5, 0.6) is 11.5 Å². The zero-order chi connectivity index (χ0) is 19.6. The third-order valence-electron chi connectivity index (χ3n) is 3.72. The summed E-state index contributed by atoms with van der Waals surface area (Å²) < 4.78 is 11.2. The predicted octanol–water partition coefficient (Wildman–Crippen LogP) is 2.94. The van der Waals surface area contributed by atoms with Gasteiger partial charge in [-0.2, -0.15) is 0 Å². The van der Waals surface area contributed by atoms with E-state index in [1.165, 1.54) is 11.3 Å². The number of amides is 2. The van der Waals surface area contributed by atoms with Crippen molar-refractivity contribution in [1.82, 2.24) is 10.6 Å². The Bertz CT molecular complexity index is 773. The summed E-state index contributed by atoms with van der Waals surface area (Å²) in [6.45, 7) is 7.36. The van der Waals surface area contributed by atoms with Crippen molar-refractivity contribution < 1.29 is 19.1 Å². The van der Waals surface area contributed by atoms with Gasteiger partial charge in [0, 0.05) is 11.4 Å². The summed E-state index contributed by atoms with van der Waals surface area (Å²) in [5.74, 6) is 0.990. The lowest BCUT2D eigenvalue weighted by molar-refractivity contribution is -0.120. The molecule has 0 spiro atoms. The lowest BCUT2D eigenvalue weighted by Crippen LogP contribution is -2.37. The van der Waals surface area contributed by atoms with Crippen molar-refractivity contribution in [2.24, 2.45) is 0 Å². The summed E-state index contributed by atoms with van der Waals surface area (Å²) in [5.41, 5.74) is 1.04. The molecule has 7 heteroatoms. The van der Waals surface area contributed by atoms with Gasteiger partial charge in [0.2, 0.25) is 5.91 Å². The van der Waals surface area contributed by atoms with Crippen molar-refractivity contribution in [3.63, 3.8) is 0 Å². The van der Waals surface area contributed by atoms with Gasteiger partial charge < -0.3 is 20.1 Å². The van der Waals surface area contributed by atoms with Gasteiger partial charge in [0.15, 0.2) is 11.5 Å². The van der Waals surface area contributed by atoms with Gasteiger partial charge in [0.1, 0.15) is 0 Å². The standard InChI is InChI=1S/C20H26N2O4S/c1-4-25-16-8-7-15(12-17(16)26-5-2)10-11-21-19(23)13-22-20(24)18-9-6-14(3)27-18/h6-9,12H,4-5,10-11,13H2,1-3H3,(H,21,23)(H,22,24). The van der Waals surface area contributed by atoms with E-state index < -0.39 is 0 Å². The normalized spacial score (nSPS) is 10.3. The number of rotatable bonds is 10. The molecule has 1 aromatic carbocycles. The van der Waals surface area contributed by atoms with Crippen LogP contribution in [0.3, 0.4) is 0 Å². The van der Waals surface area contributed by atoms with Crippen LogP contribution in [0, 0.1) is 6.92 Å². The van der Waals surface area contributed by atoms with E-state index in [0.717, 1.165) is 16.2 Å². The van der Waals surface area contributed by atoms with Crippen LogP contribution in [0.2, 0.25) is 0 Å². The number of carbonyl (C=O) groups is 2. The van der Waals surface area contributed by atoms with E-state index in [-0.39, 0.29) is 18.4 Å². The first kappa shape index (κ1) is 20.8. The minimum Gasteiger partial charge on any atom is -0.490 e. The van der Waals surface area contributed by atoms with Crippen molar-refractivity contribution in [3.8, 4) is 11.5 Å². The second-order valence-electron chi connectivity index (χ2n) is 5.84. The van der Waals surface area contributed by atoms with Crippen molar-refractivity contribution in [2.45, 2.75) is 27.2 Å². The second kappa shape index (κ2) is 10.6. The molecule has 0 aliphatic heterocycles. The maximum Gasteiger partial charge on any atom is 0.261 e. The largest absolute Gasteiger partial charge is 0.490 e. The van der Waals surface area contributed by atoms with Crippen LogP contribution in [0.1, 0.15) is 34.0 Å². The Hall–Kier alpha value is -2.54. The molecule has 6 nitrogen and oxygen atoms in total. The van der Waals surface area contributed by atoms with Gasteiger partial charge >= 0.3 is 0 Å². The van der Waals surface area contributed by atoms with Gasteiger partial charge in [-0.15, -0.1) is 11.3 Å². The van der Waals surface area contributed by atoms with Crippen LogP contribution >= 0.6 is 11.3 Å². The highest BCUT2D eigenvalue weighted by Gasteiger charge is 2.10. The van der Waals surface area contributed by atoms with Gasteiger partial charge in [0.05, 0.1) is 24.6 Å². The first-order chi connectivity index (χ1) is 13.0. The highest BCUT2D eigenvalue weighted by molar-refractivity contribution is 7.13. The van der Waals surface area contributed by atoms with E-state index >= 15 is 0 Å². The Morgan fingerprint density at radius 3 is 2.41 bits per heavy atom. The maximum absolute atomic E-state index is 11.9. The van der Waals surface area contributed by atoms with Crippen molar-refractivity contribution in [2.75, 3.05) is 26.3 Å². The number of benzene rings is 1. The fourth-order valence-corrected chi connectivity index (χ4v) is 3.25. The van der Waals surface area contributed by atoms with E-state index in [2.05, 4.69) is 10.6 Å². The molecule has 2 aromatic rings. The Balaban J connectivity index is 1.77. The number of nitrogens with one attached hydrogen (secondary N) is 2. The van der Waals surface area contributed by atoms with Gasteiger partial charge in [-0.1, -0.05) is 6.07 Å². The number of carbonyl (C=O) groups excluding carboxylic acids is 2. The fraction of sp³-hybridized carbons (Fsp3) is 0.400. The fourth-order valence-electron chi connectivity index (χ4n) is 2.46. The molecule has 2 N–H and O–H groups in total. The smallest absolute Gasteiger partial charge is 0.261 e. The summed E-state index contributed by atoms with van der Waals surface area (Å²) in [6, 6.07) is 9.42. The molecular weight excluding hydrogens is 364 g/mol. The third-order valence-corrected chi connectivity index (χ3v) is 4.72. The molecule has 146 valence electrons. The molecule has 0 saturated heterocycles. The molecule has 1 aromatic heterocycles. The van der Waals surface area contributed by atoms with Gasteiger partial charge in [-0.25, -0.2) is 0 Å². The molecule has 27 heavy (non-hydrogen) atoms. The van der Waals surface area contributed by atoms with Crippen LogP contribution in [-0.2, 0) is 11.2 Å². The summed E-state index contributed by atoms with van der Waals surface area (Å²) in [4.78, 5) is 25.5. The maximum atomic E-state index is 11.9. The molecule has 0 radical (unpaired) electrons.